The second-order valence-electron chi connectivity index (χ2n) is 8.22. The van der Waals surface area contributed by atoms with Gasteiger partial charge < -0.3 is 0 Å². The van der Waals surface area contributed by atoms with Crippen molar-refractivity contribution in [2.75, 3.05) is 0 Å². The maximum atomic E-state index is 2.55. The van der Waals surface area contributed by atoms with Gasteiger partial charge in [-0.1, -0.05) is 48.5 Å². The summed E-state index contributed by atoms with van der Waals surface area (Å²) in [5, 5.41) is 0. The van der Waals surface area contributed by atoms with E-state index in [1.54, 1.807) is 0 Å². The molecule has 3 aromatic carbocycles. The van der Waals surface area contributed by atoms with Crippen molar-refractivity contribution in [3.63, 3.8) is 0 Å². The third-order valence-electron chi connectivity index (χ3n) is 6.69. The third-order valence-corrected chi connectivity index (χ3v) is 6.69. The molecule has 29 heavy (non-hydrogen) atoms. The first-order valence-electron chi connectivity index (χ1n) is 10.5. The third kappa shape index (κ3) is 1.98. The molecule has 0 atom stereocenters. The summed E-state index contributed by atoms with van der Waals surface area (Å²) in [6.45, 7) is 3.95. The highest BCUT2D eigenvalue weighted by Crippen LogP contribution is 2.31. The van der Waals surface area contributed by atoms with Gasteiger partial charge in [0.05, 0.1) is 13.1 Å². The van der Waals surface area contributed by atoms with Gasteiger partial charge in [-0.2, -0.15) is 0 Å². The van der Waals surface area contributed by atoms with Crippen LogP contribution in [-0.4, -0.2) is 9.13 Å². The van der Waals surface area contributed by atoms with Crippen molar-refractivity contribution in [2.45, 2.75) is 32.6 Å². The van der Waals surface area contributed by atoms with E-state index < -0.39 is 0 Å². The van der Waals surface area contributed by atoms with Gasteiger partial charge in [-0.15, -0.1) is 0 Å². The van der Waals surface area contributed by atoms with Gasteiger partial charge in [-0.3, -0.25) is 0 Å². The smallest absolute Gasteiger partial charge is 0.216 e. The summed E-state index contributed by atoms with van der Waals surface area (Å²) in [6.07, 6.45) is 1.14. The molecule has 0 spiro atoms. The number of nitrogens with zero attached hydrogens (tertiary/aromatic N) is 4. The molecular weight excluding hydrogens is 356 g/mol. The van der Waals surface area contributed by atoms with Crippen LogP contribution in [0.5, 0.6) is 0 Å². The van der Waals surface area contributed by atoms with Gasteiger partial charge >= 0.3 is 11.6 Å². The summed E-state index contributed by atoms with van der Waals surface area (Å²) < 4.78 is 10.2. The molecule has 0 N–H and O–H groups in total. The number of imidazole rings is 2. The quantitative estimate of drug-likeness (QED) is 0.359. The molecule has 0 saturated heterocycles. The molecule has 140 valence electrons. The molecule has 4 heteroatoms. The first kappa shape index (κ1) is 15.5. The minimum Gasteiger partial charge on any atom is -0.216 e. The van der Waals surface area contributed by atoms with E-state index in [-0.39, 0.29) is 0 Å². The fourth-order valence-corrected chi connectivity index (χ4v) is 5.44. The average Bonchev–Trinajstić information content (AvgIpc) is 3.12. The van der Waals surface area contributed by atoms with Gasteiger partial charge in [0.25, 0.3) is 0 Å². The van der Waals surface area contributed by atoms with Crippen molar-refractivity contribution >= 4 is 22.1 Å². The Labute approximate surface area is 168 Å². The molecule has 0 amide bonds. The second kappa shape index (κ2) is 5.57. The first-order chi connectivity index (χ1) is 14.4. The maximum absolute atomic E-state index is 2.55. The zero-order chi connectivity index (χ0) is 18.9. The Morgan fingerprint density at radius 3 is 1.52 bits per heavy atom. The Kier molecular flexibility index (Phi) is 2.98. The number of fused-ring (bicyclic) bond motifs is 7. The van der Waals surface area contributed by atoms with Crippen LogP contribution in [0.4, 0.5) is 0 Å². The number of para-hydroxylation sites is 4. The number of rotatable bonds is 0. The normalized spacial score (nSPS) is 14.9. The second-order valence-corrected chi connectivity index (χ2v) is 8.22. The Hall–Kier alpha value is -3.40. The highest BCUT2D eigenvalue weighted by Gasteiger charge is 2.41. The van der Waals surface area contributed by atoms with Crippen LogP contribution in [-0.2, 0) is 26.2 Å². The van der Waals surface area contributed by atoms with E-state index in [1.807, 2.05) is 0 Å². The molecule has 0 radical (unpaired) electrons. The number of benzene rings is 3. The Balaban J connectivity index is 1.73. The zero-order valence-corrected chi connectivity index (χ0v) is 16.3. The van der Waals surface area contributed by atoms with Gasteiger partial charge in [-0.05, 0) is 24.3 Å². The van der Waals surface area contributed by atoms with Gasteiger partial charge in [0, 0.05) is 17.5 Å². The van der Waals surface area contributed by atoms with Crippen molar-refractivity contribution in [1.82, 2.24) is 9.13 Å². The van der Waals surface area contributed by atoms with Crippen LogP contribution in [0.1, 0.15) is 17.5 Å². The molecule has 0 aliphatic carbocycles. The summed E-state index contributed by atoms with van der Waals surface area (Å²) in [5.74, 6) is 2.68. The van der Waals surface area contributed by atoms with Crippen molar-refractivity contribution in [1.29, 1.82) is 0 Å². The molecule has 5 aromatic rings. The summed E-state index contributed by atoms with van der Waals surface area (Å²) in [6, 6.07) is 26.7. The van der Waals surface area contributed by atoms with E-state index in [4.69, 9.17) is 0 Å². The average molecular weight is 378 g/mol. The van der Waals surface area contributed by atoms with Crippen molar-refractivity contribution in [3.05, 3.63) is 83.9 Å². The van der Waals surface area contributed by atoms with Crippen molar-refractivity contribution < 1.29 is 9.13 Å². The van der Waals surface area contributed by atoms with Crippen LogP contribution in [0.3, 0.4) is 0 Å². The van der Waals surface area contributed by atoms with E-state index in [0.29, 0.717) is 0 Å². The van der Waals surface area contributed by atoms with Gasteiger partial charge in [0.15, 0.2) is 22.1 Å². The van der Waals surface area contributed by atoms with Crippen LogP contribution >= 0.6 is 0 Å². The fraction of sp³-hybridized carbons (Fsp3) is 0.200. The van der Waals surface area contributed by atoms with Gasteiger partial charge in [-0.25, -0.2) is 18.3 Å². The zero-order valence-electron chi connectivity index (χ0n) is 16.3. The molecule has 0 bridgehead atoms. The Morgan fingerprint density at radius 1 is 0.552 bits per heavy atom. The van der Waals surface area contributed by atoms with Crippen molar-refractivity contribution in [3.8, 4) is 11.6 Å². The largest absolute Gasteiger partial charge is 0.374 e. The van der Waals surface area contributed by atoms with E-state index >= 15 is 0 Å². The monoisotopic (exact) mass is 378 g/mol. The first-order valence-corrected chi connectivity index (χ1v) is 10.5. The Bertz CT molecular complexity index is 1330. The lowest BCUT2D eigenvalue weighted by Gasteiger charge is -2.12. The lowest BCUT2D eigenvalue weighted by molar-refractivity contribution is -0.687. The lowest BCUT2D eigenvalue weighted by atomic mass is 10.1. The van der Waals surface area contributed by atoms with E-state index in [1.165, 1.54) is 44.8 Å². The minimum absolute atomic E-state index is 0.917. The summed E-state index contributed by atoms with van der Waals surface area (Å²) >= 11 is 0. The molecular formula is C25H22N4+2. The standard InChI is InChI=1S/C25H22N4/c1-2-9-19-17-29-23-13-6-4-11-21(23)27-15-7-14-26-20-10-3-5-12-22(20)28(16-18(19)8-1)24(26)25(27)29/h1-6,8-13H,7,14-17H2/q+2. The molecule has 7 rings (SSSR count). The van der Waals surface area contributed by atoms with Crippen LogP contribution in [0.15, 0.2) is 72.8 Å². The molecule has 2 aromatic heterocycles. The minimum atomic E-state index is 0.917. The fourth-order valence-electron chi connectivity index (χ4n) is 5.44. The van der Waals surface area contributed by atoms with E-state index in [2.05, 4.69) is 91.1 Å². The topological polar surface area (TPSA) is 17.6 Å². The predicted molar refractivity (Wildman–Crippen MR) is 113 cm³/mol. The number of hydrogen-bond acceptors (Lipinski definition) is 0. The van der Waals surface area contributed by atoms with E-state index in [9.17, 15) is 0 Å². The molecule has 4 nitrogen and oxygen atoms in total. The molecule has 2 aliphatic rings. The molecule has 4 heterocycles. The highest BCUT2D eigenvalue weighted by molar-refractivity contribution is 5.78. The van der Waals surface area contributed by atoms with Crippen molar-refractivity contribution in [2.24, 2.45) is 0 Å². The van der Waals surface area contributed by atoms with Crippen LogP contribution in [0.25, 0.3) is 33.7 Å². The van der Waals surface area contributed by atoms with Crippen LogP contribution in [0, 0.1) is 0 Å². The lowest BCUT2D eigenvalue weighted by Crippen LogP contribution is -2.46. The molecule has 0 fully saturated rings. The number of aryl methyl sites for hydroxylation is 2. The summed E-state index contributed by atoms with van der Waals surface area (Å²) in [4.78, 5) is 0. The van der Waals surface area contributed by atoms with Gasteiger partial charge in [0.1, 0.15) is 13.1 Å². The number of aromatic nitrogens is 4. The highest BCUT2D eigenvalue weighted by atomic mass is 15.3. The molecule has 0 unspecified atom stereocenters. The van der Waals surface area contributed by atoms with Crippen LogP contribution < -0.4 is 9.13 Å². The maximum Gasteiger partial charge on any atom is 0.374 e. The van der Waals surface area contributed by atoms with Crippen LogP contribution in [0.2, 0.25) is 0 Å². The summed E-state index contributed by atoms with van der Waals surface area (Å²) in [7, 11) is 0. The predicted octanol–water partition coefficient (Wildman–Crippen LogP) is 3.65. The Morgan fingerprint density at radius 2 is 1.00 bits per heavy atom. The van der Waals surface area contributed by atoms with E-state index in [0.717, 1.165) is 32.6 Å². The molecule has 0 saturated carbocycles. The SMILES string of the molecule is c1ccc2c(c1)C[n+]1c3n(c4ccccc41)CCCn1c-3[n+](c3ccccc31)C2. The summed E-state index contributed by atoms with van der Waals surface area (Å²) in [5.41, 5.74) is 8.15. The molecule has 2 aliphatic heterocycles. The number of hydrogen-bond donors (Lipinski definition) is 0. The van der Waals surface area contributed by atoms with Gasteiger partial charge in [0.2, 0.25) is 0 Å².